The Kier molecular flexibility index (Phi) is 3.99. The summed E-state index contributed by atoms with van der Waals surface area (Å²) >= 11 is 5.15. The summed E-state index contributed by atoms with van der Waals surface area (Å²) in [6, 6.07) is 6.12. The van der Waals surface area contributed by atoms with Crippen molar-refractivity contribution in [2.75, 3.05) is 5.32 Å². The Morgan fingerprint density at radius 2 is 1.70 bits per heavy atom. The summed E-state index contributed by atoms with van der Waals surface area (Å²) in [6.07, 6.45) is 0. The number of rotatable bonds is 3. The lowest BCUT2D eigenvalue weighted by atomic mass is 10.1. The molecule has 0 aliphatic rings. The molecule has 1 aromatic heterocycles. The minimum Gasteiger partial charge on any atom is -0.389 e. The molecule has 0 unspecified atom stereocenters. The van der Waals surface area contributed by atoms with E-state index in [1.54, 1.807) is 0 Å². The highest BCUT2D eigenvalue weighted by Gasteiger charge is 2.15. The first-order valence-corrected chi connectivity index (χ1v) is 6.79. The summed E-state index contributed by atoms with van der Waals surface area (Å²) in [4.78, 5) is 0.328. The monoisotopic (exact) mass is 286 g/mol. The maximum Gasteiger partial charge on any atom is 0.163 e. The number of hydrogen-bond acceptors (Lipinski definition) is 4. The molecule has 0 atom stereocenters. The van der Waals surface area contributed by atoms with Crippen molar-refractivity contribution in [3.63, 3.8) is 0 Å². The van der Waals surface area contributed by atoms with Crippen LogP contribution in [0.1, 0.15) is 27.9 Å². The zero-order chi connectivity index (χ0) is 14.9. The fourth-order valence-corrected chi connectivity index (χ4v) is 2.38. The maximum absolute atomic E-state index is 5.84. The number of aryl methyl sites for hydroxylation is 3. The Balaban J connectivity index is 2.55. The lowest BCUT2D eigenvalue weighted by molar-refractivity contribution is 0.962. The third-order valence-electron chi connectivity index (χ3n) is 3.43. The molecule has 0 bridgehead atoms. The zero-order valence-corrected chi connectivity index (χ0v) is 12.9. The number of para-hydroxylation sites is 1. The zero-order valence-electron chi connectivity index (χ0n) is 12.1. The van der Waals surface area contributed by atoms with E-state index >= 15 is 0 Å². The number of nitrogens with zero attached hydrogens (tertiary/aromatic N) is 2. The van der Waals surface area contributed by atoms with Crippen LogP contribution in [-0.4, -0.2) is 15.2 Å². The van der Waals surface area contributed by atoms with E-state index < -0.39 is 0 Å². The number of aromatic nitrogens is 2. The summed E-state index contributed by atoms with van der Waals surface area (Å²) in [5.74, 6) is 0.609. The summed E-state index contributed by atoms with van der Waals surface area (Å²) in [7, 11) is 0. The molecule has 0 aliphatic heterocycles. The van der Waals surface area contributed by atoms with E-state index in [4.69, 9.17) is 18.0 Å². The van der Waals surface area contributed by atoms with Gasteiger partial charge in [-0.2, -0.15) is 5.10 Å². The van der Waals surface area contributed by atoms with Gasteiger partial charge in [0, 0.05) is 5.69 Å². The lowest BCUT2D eigenvalue weighted by Crippen LogP contribution is -2.17. The summed E-state index contributed by atoms with van der Waals surface area (Å²) in [6.45, 7) is 7.94. The van der Waals surface area contributed by atoms with Crippen LogP contribution in [0.3, 0.4) is 0 Å². The normalized spacial score (nSPS) is 10.4. The van der Waals surface area contributed by atoms with Gasteiger partial charge in [-0.25, -0.2) is 0 Å². The van der Waals surface area contributed by atoms with Crippen molar-refractivity contribution in [1.82, 2.24) is 10.2 Å². The molecule has 4 nitrogen and oxygen atoms in total. The van der Waals surface area contributed by atoms with Gasteiger partial charge in [-0.1, -0.05) is 30.4 Å². The number of nitrogens with two attached hydrogens (primary N) is 1. The van der Waals surface area contributed by atoms with Crippen molar-refractivity contribution in [2.24, 2.45) is 5.73 Å². The predicted molar refractivity (Wildman–Crippen MR) is 86.6 cm³/mol. The minimum absolute atomic E-state index is 0.328. The Bertz CT molecular complexity index is 660. The third-order valence-corrected chi connectivity index (χ3v) is 3.63. The molecule has 20 heavy (non-hydrogen) atoms. The smallest absolute Gasteiger partial charge is 0.163 e. The summed E-state index contributed by atoms with van der Waals surface area (Å²) < 4.78 is 0. The van der Waals surface area contributed by atoms with E-state index in [9.17, 15) is 0 Å². The molecule has 0 fully saturated rings. The maximum atomic E-state index is 5.84. The first kappa shape index (κ1) is 14.4. The van der Waals surface area contributed by atoms with Crippen LogP contribution in [-0.2, 0) is 0 Å². The number of anilines is 2. The van der Waals surface area contributed by atoms with Gasteiger partial charge in [0.25, 0.3) is 0 Å². The lowest BCUT2D eigenvalue weighted by Gasteiger charge is -2.16. The van der Waals surface area contributed by atoms with E-state index in [0.29, 0.717) is 10.8 Å². The second-order valence-corrected chi connectivity index (χ2v) is 5.33. The van der Waals surface area contributed by atoms with E-state index in [0.717, 1.165) is 33.6 Å². The topological polar surface area (TPSA) is 63.8 Å². The van der Waals surface area contributed by atoms with Crippen molar-refractivity contribution in [3.8, 4) is 0 Å². The van der Waals surface area contributed by atoms with Gasteiger partial charge in [0.2, 0.25) is 0 Å². The van der Waals surface area contributed by atoms with Gasteiger partial charge in [-0.3, -0.25) is 0 Å². The van der Waals surface area contributed by atoms with Crippen LogP contribution in [0, 0.1) is 27.7 Å². The highest BCUT2D eigenvalue weighted by atomic mass is 32.1. The average molecular weight is 286 g/mol. The molecule has 3 N–H and O–H groups in total. The molecule has 0 saturated carbocycles. The number of thiocarbonyl (C=S) groups is 1. The number of nitrogens with one attached hydrogen (secondary N) is 1. The van der Waals surface area contributed by atoms with Crippen LogP contribution in [0.15, 0.2) is 18.2 Å². The van der Waals surface area contributed by atoms with Crippen LogP contribution in [0.25, 0.3) is 0 Å². The predicted octanol–water partition coefficient (Wildman–Crippen LogP) is 3.09. The van der Waals surface area contributed by atoms with Crippen molar-refractivity contribution in [1.29, 1.82) is 0 Å². The molecule has 2 aromatic rings. The van der Waals surface area contributed by atoms with Crippen LogP contribution in [0.2, 0.25) is 0 Å². The van der Waals surface area contributed by atoms with E-state index in [1.807, 2.05) is 45.9 Å². The average Bonchev–Trinajstić information content (AvgIpc) is 2.37. The van der Waals surface area contributed by atoms with Crippen LogP contribution in [0.5, 0.6) is 0 Å². The van der Waals surface area contributed by atoms with Crippen LogP contribution in [0.4, 0.5) is 11.5 Å². The molecular weight excluding hydrogens is 268 g/mol. The Morgan fingerprint density at radius 1 is 1.10 bits per heavy atom. The highest BCUT2D eigenvalue weighted by Crippen LogP contribution is 2.26. The van der Waals surface area contributed by atoms with Gasteiger partial charge in [0.05, 0.1) is 11.3 Å². The second-order valence-electron chi connectivity index (χ2n) is 4.89. The minimum atomic E-state index is 0.328. The van der Waals surface area contributed by atoms with Crippen LogP contribution >= 0.6 is 12.2 Å². The standard InChI is InChI=1S/C15H18N4S/c1-8-6-5-7-9(2)13(8)17-15-12(14(16)20)10(3)11(4)18-19-15/h5-7H,1-4H3,(H2,16,20)(H,17,19). The second kappa shape index (κ2) is 5.54. The first-order chi connectivity index (χ1) is 9.41. The fourth-order valence-electron chi connectivity index (χ4n) is 2.13. The van der Waals surface area contributed by atoms with Crippen molar-refractivity contribution >= 4 is 28.7 Å². The SMILES string of the molecule is Cc1cccc(C)c1Nc1nnc(C)c(C)c1C(N)=S. The van der Waals surface area contributed by atoms with Gasteiger partial charge in [0.1, 0.15) is 4.99 Å². The first-order valence-electron chi connectivity index (χ1n) is 6.38. The molecule has 0 amide bonds. The molecule has 2 rings (SSSR count). The summed E-state index contributed by atoms with van der Waals surface area (Å²) in [5.41, 5.74) is 11.7. The van der Waals surface area contributed by atoms with Gasteiger partial charge >= 0.3 is 0 Å². The molecule has 0 aliphatic carbocycles. The molecule has 1 heterocycles. The van der Waals surface area contributed by atoms with E-state index in [-0.39, 0.29) is 0 Å². The van der Waals surface area contributed by atoms with Gasteiger partial charge in [-0.15, -0.1) is 5.10 Å². The Labute approximate surface area is 124 Å². The third kappa shape index (κ3) is 2.63. The van der Waals surface area contributed by atoms with Crippen LogP contribution < -0.4 is 11.1 Å². The molecule has 0 spiro atoms. The van der Waals surface area contributed by atoms with Crippen molar-refractivity contribution in [2.45, 2.75) is 27.7 Å². The molecule has 5 heteroatoms. The quantitative estimate of drug-likeness (QED) is 0.849. The van der Waals surface area contributed by atoms with Crippen molar-refractivity contribution in [3.05, 3.63) is 46.1 Å². The summed E-state index contributed by atoms with van der Waals surface area (Å²) in [5, 5.41) is 11.7. The molecular formula is C15H18N4S. The largest absolute Gasteiger partial charge is 0.389 e. The fraction of sp³-hybridized carbons (Fsp3) is 0.267. The van der Waals surface area contributed by atoms with Gasteiger partial charge in [0.15, 0.2) is 5.82 Å². The van der Waals surface area contributed by atoms with Gasteiger partial charge < -0.3 is 11.1 Å². The molecule has 0 radical (unpaired) electrons. The van der Waals surface area contributed by atoms with Gasteiger partial charge in [-0.05, 0) is 44.4 Å². The Morgan fingerprint density at radius 3 is 2.25 bits per heavy atom. The molecule has 1 aromatic carbocycles. The number of benzene rings is 1. The number of hydrogen-bond donors (Lipinski definition) is 2. The van der Waals surface area contributed by atoms with Crippen molar-refractivity contribution < 1.29 is 0 Å². The highest BCUT2D eigenvalue weighted by molar-refractivity contribution is 7.80. The molecule has 104 valence electrons. The van der Waals surface area contributed by atoms with E-state index in [2.05, 4.69) is 15.5 Å². The molecule has 0 saturated heterocycles. The Hall–Kier alpha value is -2.01. The van der Waals surface area contributed by atoms with E-state index in [1.165, 1.54) is 0 Å².